The molecule has 0 N–H and O–H groups in total. The van der Waals surface area contributed by atoms with Gasteiger partial charge in [-0.05, 0) is 0 Å². The molecule has 2 aromatic carbocycles. The van der Waals surface area contributed by atoms with E-state index in [0.29, 0.717) is 0 Å². The molecule has 1 radical (unpaired) electrons. The van der Waals surface area contributed by atoms with Crippen molar-refractivity contribution in [1.82, 2.24) is 4.98 Å². The van der Waals surface area contributed by atoms with Crippen molar-refractivity contribution in [2.75, 3.05) is 0 Å². The van der Waals surface area contributed by atoms with Crippen LogP contribution in [0, 0.1) is 6.92 Å². The number of benzene rings is 2. The summed E-state index contributed by atoms with van der Waals surface area (Å²) in [6.07, 6.45) is 6.77. The van der Waals surface area contributed by atoms with Gasteiger partial charge in [-0.2, -0.15) is 0 Å². The van der Waals surface area contributed by atoms with E-state index in [1.807, 2.05) is 25.1 Å². The van der Waals surface area contributed by atoms with Crippen LogP contribution in [-0.4, -0.2) is 23.1 Å². The van der Waals surface area contributed by atoms with Crippen molar-refractivity contribution in [1.29, 1.82) is 0 Å². The topological polar surface area (TPSA) is 31.4 Å². The van der Waals surface area contributed by atoms with E-state index in [1.54, 1.807) is 0 Å². The predicted octanol–water partition coefficient (Wildman–Crippen LogP) is 5.58. The second kappa shape index (κ2) is 8.19. The number of pyridine rings is 1. The van der Waals surface area contributed by atoms with Crippen LogP contribution >= 0.6 is 0 Å². The van der Waals surface area contributed by atoms with Crippen molar-refractivity contribution in [2.24, 2.45) is 0 Å². The minimum absolute atomic E-state index is 0.734. The van der Waals surface area contributed by atoms with Gasteiger partial charge in [0.1, 0.15) is 0 Å². The van der Waals surface area contributed by atoms with Gasteiger partial charge in [0.15, 0.2) is 0 Å². The molecule has 4 heteroatoms. The average molecular weight is 403 g/mol. The Morgan fingerprint density at radius 1 is 0.885 bits per heavy atom. The Morgan fingerprint density at radius 3 is 2.50 bits per heavy atom. The molecule has 1 aromatic heterocycles. The van der Waals surface area contributed by atoms with Crippen molar-refractivity contribution < 1.29 is 7.06 Å². The fourth-order valence-electron chi connectivity index (χ4n) is 3.70. The van der Waals surface area contributed by atoms with Gasteiger partial charge < -0.3 is 0 Å². The Kier molecular flexibility index (Phi) is 5.51. The zero-order valence-electron chi connectivity index (χ0n) is 15.2. The summed E-state index contributed by atoms with van der Waals surface area (Å²) in [4.78, 5) is 4.61. The van der Waals surface area contributed by atoms with Gasteiger partial charge in [-0.15, -0.1) is 0 Å². The van der Waals surface area contributed by atoms with Crippen LogP contribution in [0.4, 0.5) is 0 Å². The van der Waals surface area contributed by atoms with E-state index in [9.17, 15) is 0 Å². The summed E-state index contributed by atoms with van der Waals surface area (Å²) in [5, 5.41) is 1.10. The van der Waals surface area contributed by atoms with E-state index in [2.05, 4.69) is 41.4 Å². The number of nitrogens with zero attached hydrogens (tertiary/aromatic N) is 1. The molecule has 4 rings (SSSR count). The summed E-state index contributed by atoms with van der Waals surface area (Å²) in [6, 6.07) is 18.8. The third kappa shape index (κ3) is 4.08. The van der Waals surface area contributed by atoms with Crippen LogP contribution in [0.25, 0.3) is 10.9 Å². The first-order valence-corrected chi connectivity index (χ1v) is 11.4. The molecule has 0 bridgehead atoms. The Morgan fingerprint density at radius 2 is 1.69 bits per heavy atom. The zero-order chi connectivity index (χ0) is 17.8. The SMILES string of the molecule is Cc1ccc2cccc([O][Ga][O]c3ccc(C4CCCCC4)cc3)c2n1. The molecule has 26 heavy (non-hydrogen) atoms. The summed E-state index contributed by atoms with van der Waals surface area (Å²) in [5.41, 5.74) is 3.37. The van der Waals surface area contributed by atoms with Crippen molar-refractivity contribution >= 4 is 29.0 Å². The van der Waals surface area contributed by atoms with Gasteiger partial charge >= 0.3 is 163 Å². The van der Waals surface area contributed by atoms with Gasteiger partial charge in [0.25, 0.3) is 0 Å². The average Bonchev–Trinajstić information content (AvgIpc) is 2.69. The van der Waals surface area contributed by atoms with Crippen LogP contribution in [0.1, 0.15) is 49.3 Å². The fraction of sp³-hybridized carbons (Fsp3) is 0.318. The summed E-state index contributed by atoms with van der Waals surface area (Å²) >= 11 is -1.33. The van der Waals surface area contributed by atoms with E-state index in [0.717, 1.165) is 34.0 Å². The Labute approximate surface area is 163 Å². The van der Waals surface area contributed by atoms with E-state index < -0.39 is 18.1 Å². The molecule has 0 aliphatic heterocycles. The number of aromatic nitrogens is 1. The molecule has 3 aromatic rings. The van der Waals surface area contributed by atoms with Crippen molar-refractivity contribution in [3.8, 4) is 11.5 Å². The van der Waals surface area contributed by atoms with Gasteiger partial charge in [-0.1, -0.05) is 0 Å². The second-order valence-electron chi connectivity index (χ2n) is 7.02. The van der Waals surface area contributed by atoms with Crippen molar-refractivity contribution in [3.63, 3.8) is 0 Å². The zero-order valence-corrected chi connectivity index (χ0v) is 17.6. The number of para-hydroxylation sites is 1. The number of aryl methyl sites for hydroxylation is 1. The molecule has 0 amide bonds. The Bertz CT molecular complexity index is 873. The summed E-state index contributed by atoms with van der Waals surface area (Å²) in [7, 11) is 0. The predicted molar refractivity (Wildman–Crippen MR) is 106 cm³/mol. The molecule has 0 unspecified atom stereocenters. The molecule has 1 saturated carbocycles. The number of rotatable bonds is 5. The Hall–Kier alpha value is -1.91. The fourth-order valence-corrected chi connectivity index (χ4v) is 4.98. The first kappa shape index (κ1) is 17.5. The number of hydrogen-bond acceptors (Lipinski definition) is 3. The molecular weight excluding hydrogens is 380 g/mol. The van der Waals surface area contributed by atoms with Crippen LogP contribution in [0.15, 0.2) is 54.6 Å². The van der Waals surface area contributed by atoms with Gasteiger partial charge in [0, 0.05) is 0 Å². The van der Waals surface area contributed by atoms with Gasteiger partial charge in [0.05, 0.1) is 0 Å². The normalized spacial score (nSPS) is 15.0. The minimum atomic E-state index is -1.33. The molecule has 0 saturated heterocycles. The first-order chi connectivity index (χ1) is 12.8. The van der Waals surface area contributed by atoms with Crippen LogP contribution in [0.3, 0.4) is 0 Å². The van der Waals surface area contributed by atoms with Crippen LogP contribution in [0.5, 0.6) is 11.5 Å². The maximum atomic E-state index is 6.00. The maximum absolute atomic E-state index is 6.00. The number of fused-ring (bicyclic) bond motifs is 1. The third-order valence-electron chi connectivity index (χ3n) is 5.14. The molecule has 3 nitrogen and oxygen atoms in total. The van der Waals surface area contributed by atoms with Crippen molar-refractivity contribution in [3.05, 3.63) is 65.9 Å². The van der Waals surface area contributed by atoms with E-state index in [4.69, 9.17) is 7.06 Å². The van der Waals surface area contributed by atoms with Crippen LogP contribution < -0.4 is 7.06 Å². The molecule has 1 heterocycles. The molecule has 131 valence electrons. The Balaban J connectivity index is 1.38. The van der Waals surface area contributed by atoms with Crippen LogP contribution in [-0.2, 0) is 0 Å². The van der Waals surface area contributed by atoms with E-state index in [-0.39, 0.29) is 0 Å². The molecular formula is C22H23GaNO2. The quantitative estimate of drug-likeness (QED) is 0.521. The van der Waals surface area contributed by atoms with E-state index in [1.165, 1.54) is 37.7 Å². The molecule has 1 aliphatic rings. The molecule has 1 fully saturated rings. The molecule has 0 spiro atoms. The van der Waals surface area contributed by atoms with Gasteiger partial charge in [0.2, 0.25) is 0 Å². The van der Waals surface area contributed by atoms with Gasteiger partial charge in [-0.3, -0.25) is 0 Å². The first-order valence-electron chi connectivity index (χ1n) is 9.41. The monoisotopic (exact) mass is 402 g/mol. The summed E-state index contributed by atoms with van der Waals surface area (Å²) in [5.74, 6) is 2.47. The molecule has 0 atom stereocenters. The summed E-state index contributed by atoms with van der Waals surface area (Å²) < 4.78 is 11.9. The second-order valence-corrected chi connectivity index (χ2v) is 8.41. The molecule has 1 aliphatic carbocycles. The third-order valence-corrected chi connectivity index (χ3v) is 6.65. The van der Waals surface area contributed by atoms with Crippen molar-refractivity contribution in [2.45, 2.75) is 44.9 Å². The summed E-state index contributed by atoms with van der Waals surface area (Å²) in [6.45, 7) is 2.00. The number of hydrogen-bond donors (Lipinski definition) is 0. The van der Waals surface area contributed by atoms with Crippen LogP contribution in [0.2, 0.25) is 0 Å². The van der Waals surface area contributed by atoms with E-state index >= 15 is 0 Å². The van der Waals surface area contributed by atoms with Gasteiger partial charge in [-0.25, -0.2) is 0 Å². The standard InChI is InChI=1S/C12H16O.C10H9NO.Ga/c13-12-8-6-11(7-9-12)10-4-2-1-3-5-10;1-7-5-6-8-3-2-4-9(12)10(8)11-7;/h6-10,13H,1-5H2;2-6,12H,1H3;/q;;+2/p-2.